The summed E-state index contributed by atoms with van der Waals surface area (Å²) in [5.74, 6) is -1.06. The van der Waals surface area contributed by atoms with Gasteiger partial charge in [0, 0.05) is 30.0 Å². The molecule has 4 rings (SSSR count). The molecular weight excluding hydrogens is 478 g/mol. The Kier molecular flexibility index (Phi) is 8.30. The van der Waals surface area contributed by atoms with Gasteiger partial charge in [-0.15, -0.1) is 0 Å². The Morgan fingerprint density at radius 3 is 2.35 bits per heavy atom. The molecule has 0 aliphatic rings. The summed E-state index contributed by atoms with van der Waals surface area (Å²) in [5.41, 5.74) is 2.30. The number of oxazole rings is 1. The average Bonchev–Trinajstić information content (AvgIpc) is 3.26. The summed E-state index contributed by atoms with van der Waals surface area (Å²) in [6.07, 6.45) is 0.567. The second-order valence-electron chi connectivity index (χ2n) is 8.74. The molecule has 6 nitrogen and oxygen atoms in total. The number of hydrogen-bond donors (Lipinski definition) is 2. The summed E-state index contributed by atoms with van der Waals surface area (Å²) in [4.78, 5) is 16.5. The number of aromatic nitrogens is 1. The quantitative estimate of drug-likeness (QED) is 0.264. The third-order valence-corrected chi connectivity index (χ3v) is 6.25. The summed E-state index contributed by atoms with van der Waals surface area (Å²) in [6, 6.07) is 19.3. The van der Waals surface area contributed by atoms with Gasteiger partial charge in [0.1, 0.15) is 29.2 Å². The van der Waals surface area contributed by atoms with Crippen LogP contribution in [0.4, 0.5) is 8.78 Å². The first-order valence-corrected chi connectivity index (χ1v) is 12.0. The molecule has 0 fully saturated rings. The van der Waals surface area contributed by atoms with Crippen molar-refractivity contribution in [2.45, 2.75) is 38.8 Å². The van der Waals surface area contributed by atoms with Crippen molar-refractivity contribution in [2.24, 2.45) is 0 Å². The Balaban J connectivity index is 1.34. The molecule has 1 aromatic heterocycles. The molecule has 1 heterocycles. The topological polar surface area (TPSA) is 84.6 Å². The van der Waals surface area contributed by atoms with Crippen molar-refractivity contribution in [1.82, 2.24) is 10.3 Å². The molecule has 0 aliphatic heterocycles. The smallest absolute Gasteiger partial charge is 0.321 e. The molecule has 8 heteroatoms. The molecule has 3 aromatic carbocycles. The average molecular weight is 507 g/mol. The molecule has 2 atom stereocenters. The zero-order chi connectivity index (χ0) is 26.4. The molecule has 4 aromatic rings. The normalized spacial score (nSPS) is 12.8. The number of nitrogens with zero attached hydrogens (tertiary/aromatic N) is 1. The van der Waals surface area contributed by atoms with E-state index in [2.05, 4.69) is 10.3 Å². The Morgan fingerprint density at radius 2 is 1.70 bits per heavy atom. The van der Waals surface area contributed by atoms with Gasteiger partial charge in [0.2, 0.25) is 5.89 Å². The highest BCUT2D eigenvalue weighted by Gasteiger charge is 2.26. The van der Waals surface area contributed by atoms with E-state index in [0.717, 1.165) is 34.7 Å². The highest BCUT2D eigenvalue weighted by molar-refractivity contribution is 5.75. The molecule has 0 radical (unpaired) electrons. The van der Waals surface area contributed by atoms with E-state index in [1.807, 2.05) is 37.3 Å². The predicted molar refractivity (Wildman–Crippen MR) is 135 cm³/mol. The van der Waals surface area contributed by atoms with Gasteiger partial charge in [-0.3, -0.25) is 10.1 Å². The molecule has 37 heavy (non-hydrogen) atoms. The van der Waals surface area contributed by atoms with Crippen molar-refractivity contribution in [2.75, 3.05) is 6.61 Å². The van der Waals surface area contributed by atoms with E-state index in [-0.39, 0.29) is 12.1 Å². The van der Waals surface area contributed by atoms with Crippen LogP contribution in [-0.4, -0.2) is 28.7 Å². The number of aliphatic carboxylic acids is 1. The zero-order valence-corrected chi connectivity index (χ0v) is 20.6. The van der Waals surface area contributed by atoms with E-state index in [0.29, 0.717) is 24.7 Å². The van der Waals surface area contributed by atoms with E-state index in [4.69, 9.17) is 9.15 Å². The van der Waals surface area contributed by atoms with Gasteiger partial charge in [0.25, 0.3) is 0 Å². The van der Waals surface area contributed by atoms with Gasteiger partial charge in [0.15, 0.2) is 0 Å². The largest absolute Gasteiger partial charge is 0.493 e. The van der Waals surface area contributed by atoms with E-state index < -0.39 is 29.6 Å². The number of aryl methyl sites for hydroxylation is 1. The predicted octanol–water partition coefficient (Wildman–Crippen LogP) is 5.90. The summed E-state index contributed by atoms with van der Waals surface area (Å²) in [5, 5.41) is 12.5. The van der Waals surface area contributed by atoms with Crippen LogP contribution in [0.3, 0.4) is 0 Å². The Bertz CT molecular complexity index is 1320. The minimum atomic E-state index is -1.11. The number of carbonyl (C=O) groups is 1. The maximum atomic E-state index is 13.9. The van der Waals surface area contributed by atoms with E-state index >= 15 is 0 Å². The molecule has 0 amide bonds. The first kappa shape index (κ1) is 26.0. The molecule has 0 spiro atoms. The van der Waals surface area contributed by atoms with Crippen molar-refractivity contribution in [3.05, 3.63) is 107 Å². The van der Waals surface area contributed by atoms with Gasteiger partial charge in [-0.25, -0.2) is 13.8 Å². The number of benzene rings is 3. The fourth-order valence-electron chi connectivity index (χ4n) is 4.08. The van der Waals surface area contributed by atoms with E-state index in [9.17, 15) is 18.7 Å². The molecule has 0 aliphatic carbocycles. The van der Waals surface area contributed by atoms with Crippen LogP contribution in [0, 0.1) is 18.6 Å². The maximum Gasteiger partial charge on any atom is 0.321 e. The molecule has 0 bridgehead atoms. The van der Waals surface area contributed by atoms with Crippen LogP contribution in [0.25, 0.3) is 11.5 Å². The van der Waals surface area contributed by atoms with Crippen molar-refractivity contribution in [3.63, 3.8) is 0 Å². The Labute approximate surface area is 213 Å². The van der Waals surface area contributed by atoms with Gasteiger partial charge in [-0.2, -0.15) is 0 Å². The van der Waals surface area contributed by atoms with E-state index in [1.54, 1.807) is 31.2 Å². The second-order valence-corrected chi connectivity index (χ2v) is 8.74. The number of ether oxygens (including phenoxy) is 1. The standard InChI is InChI=1S/C29H28F2N2O4/c1-18(27(29(34)35)32-17-23-24(30)9-6-10-25(23)31)20-11-13-22(14-12-20)36-16-15-26-19(2)37-28(33-26)21-7-4-3-5-8-21/h3-14,18,27,32H,15-17H2,1-2H3,(H,34,35). The van der Waals surface area contributed by atoms with Crippen molar-refractivity contribution >= 4 is 5.97 Å². The van der Waals surface area contributed by atoms with Gasteiger partial charge in [0.05, 0.1) is 12.3 Å². The molecule has 0 saturated carbocycles. The van der Waals surface area contributed by atoms with Gasteiger partial charge < -0.3 is 14.3 Å². The monoisotopic (exact) mass is 506 g/mol. The summed E-state index contributed by atoms with van der Waals surface area (Å²) >= 11 is 0. The lowest BCUT2D eigenvalue weighted by Crippen LogP contribution is -2.40. The minimum absolute atomic E-state index is 0.192. The minimum Gasteiger partial charge on any atom is -0.493 e. The van der Waals surface area contributed by atoms with Crippen LogP contribution >= 0.6 is 0 Å². The van der Waals surface area contributed by atoms with Crippen LogP contribution in [0.1, 0.15) is 35.4 Å². The SMILES string of the molecule is Cc1oc(-c2ccccc2)nc1CCOc1ccc(C(C)C(NCc2c(F)cccc2F)C(=O)O)cc1. The van der Waals surface area contributed by atoms with Crippen LogP contribution in [0.2, 0.25) is 0 Å². The summed E-state index contributed by atoms with van der Waals surface area (Å²) in [6.45, 7) is 3.77. The number of hydrogen-bond acceptors (Lipinski definition) is 5. The highest BCUT2D eigenvalue weighted by Crippen LogP contribution is 2.25. The van der Waals surface area contributed by atoms with Crippen LogP contribution in [0.5, 0.6) is 5.75 Å². The first-order chi connectivity index (χ1) is 17.8. The van der Waals surface area contributed by atoms with Crippen molar-refractivity contribution in [1.29, 1.82) is 0 Å². The first-order valence-electron chi connectivity index (χ1n) is 12.0. The molecular formula is C29H28F2N2O4. The third-order valence-electron chi connectivity index (χ3n) is 6.25. The fourth-order valence-corrected chi connectivity index (χ4v) is 4.08. The number of rotatable bonds is 11. The lowest BCUT2D eigenvalue weighted by Gasteiger charge is -2.22. The number of carboxylic acids is 1. The number of carboxylic acid groups (broad SMARTS) is 1. The van der Waals surface area contributed by atoms with Crippen molar-refractivity contribution in [3.8, 4) is 17.2 Å². The summed E-state index contributed by atoms with van der Waals surface area (Å²) in [7, 11) is 0. The van der Waals surface area contributed by atoms with Gasteiger partial charge in [-0.05, 0) is 48.9 Å². The second kappa shape index (κ2) is 11.8. The zero-order valence-electron chi connectivity index (χ0n) is 20.6. The van der Waals surface area contributed by atoms with Crippen molar-refractivity contribution < 1.29 is 27.8 Å². The lowest BCUT2D eigenvalue weighted by molar-refractivity contribution is -0.140. The van der Waals surface area contributed by atoms with E-state index in [1.165, 1.54) is 6.07 Å². The Morgan fingerprint density at radius 1 is 1.03 bits per heavy atom. The maximum absolute atomic E-state index is 13.9. The molecule has 2 unspecified atom stereocenters. The third kappa shape index (κ3) is 6.40. The number of nitrogens with one attached hydrogen (secondary N) is 1. The van der Waals surface area contributed by atoms with Crippen LogP contribution in [0.15, 0.2) is 77.2 Å². The fraction of sp³-hybridized carbons (Fsp3) is 0.241. The van der Waals surface area contributed by atoms with Crippen LogP contribution in [-0.2, 0) is 17.8 Å². The molecule has 0 saturated heterocycles. The van der Waals surface area contributed by atoms with Gasteiger partial charge >= 0.3 is 5.97 Å². The highest BCUT2D eigenvalue weighted by atomic mass is 19.1. The number of halogens is 2. The van der Waals surface area contributed by atoms with Gasteiger partial charge in [-0.1, -0.05) is 43.3 Å². The molecule has 192 valence electrons. The molecule has 2 N–H and O–H groups in total. The summed E-state index contributed by atoms with van der Waals surface area (Å²) < 4.78 is 39.5. The Hall–Kier alpha value is -4.04. The lowest BCUT2D eigenvalue weighted by atomic mass is 9.93. The van der Waals surface area contributed by atoms with Crippen LogP contribution < -0.4 is 10.1 Å².